The molecule has 0 heterocycles. The summed E-state index contributed by atoms with van der Waals surface area (Å²) < 4.78 is 16.0. The van der Waals surface area contributed by atoms with Gasteiger partial charge in [0.1, 0.15) is 5.75 Å². The number of carbonyl (C=O) groups is 1. The first kappa shape index (κ1) is 17.7. The number of para-hydroxylation sites is 1. The van der Waals surface area contributed by atoms with Gasteiger partial charge in [-0.05, 0) is 32.0 Å². The molecule has 5 heteroatoms. The highest BCUT2D eigenvalue weighted by molar-refractivity contribution is 5.98. The van der Waals surface area contributed by atoms with Crippen LogP contribution in [-0.2, 0) is 0 Å². The molecule has 0 spiro atoms. The Labute approximate surface area is 142 Å². The average Bonchev–Trinajstić information content (AvgIpc) is 2.60. The fourth-order valence-electron chi connectivity index (χ4n) is 2.61. The van der Waals surface area contributed by atoms with Crippen LogP contribution >= 0.6 is 0 Å². The highest BCUT2D eigenvalue weighted by Crippen LogP contribution is 2.32. The van der Waals surface area contributed by atoms with E-state index in [-0.39, 0.29) is 11.9 Å². The number of methoxy groups -OCH3 is 3. The van der Waals surface area contributed by atoms with Crippen molar-refractivity contribution >= 4 is 5.91 Å². The lowest BCUT2D eigenvalue weighted by Gasteiger charge is -2.19. The van der Waals surface area contributed by atoms with Crippen molar-refractivity contribution in [3.8, 4) is 17.2 Å². The molecule has 0 aromatic heterocycles. The van der Waals surface area contributed by atoms with Gasteiger partial charge in [-0.25, -0.2) is 0 Å². The number of ether oxygens (including phenoxy) is 3. The first-order chi connectivity index (χ1) is 11.5. The van der Waals surface area contributed by atoms with Crippen molar-refractivity contribution in [3.63, 3.8) is 0 Å². The summed E-state index contributed by atoms with van der Waals surface area (Å²) in [5, 5.41) is 2.99. The molecule has 0 aliphatic carbocycles. The van der Waals surface area contributed by atoms with Gasteiger partial charge in [0.15, 0.2) is 11.5 Å². The summed E-state index contributed by atoms with van der Waals surface area (Å²) in [6.45, 7) is 3.92. The summed E-state index contributed by atoms with van der Waals surface area (Å²) in [6, 6.07) is 10.9. The molecule has 2 aromatic rings. The maximum atomic E-state index is 12.7. The van der Waals surface area contributed by atoms with Crippen LogP contribution in [0.5, 0.6) is 17.2 Å². The second-order valence-corrected chi connectivity index (χ2v) is 5.48. The molecule has 5 nitrogen and oxygen atoms in total. The van der Waals surface area contributed by atoms with E-state index in [0.29, 0.717) is 17.1 Å². The Morgan fingerprint density at radius 3 is 2.33 bits per heavy atom. The van der Waals surface area contributed by atoms with Crippen LogP contribution in [0.3, 0.4) is 0 Å². The van der Waals surface area contributed by atoms with Crippen molar-refractivity contribution in [2.24, 2.45) is 0 Å². The van der Waals surface area contributed by atoms with E-state index in [4.69, 9.17) is 14.2 Å². The Kier molecular flexibility index (Phi) is 5.68. The molecule has 0 aliphatic rings. The van der Waals surface area contributed by atoms with Gasteiger partial charge in [0.05, 0.1) is 32.9 Å². The fourth-order valence-corrected chi connectivity index (χ4v) is 2.61. The minimum atomic E-state index is -0.234. The predicted octanol–water partition coefficient (Wildman–Crippen LogP) is 3.51. The summed E-state index contributed by atoms with van der Waals surface area (Å²) >= 11 is 0. The quantitative estimate of drug-likeness (QED) is 0.881. The van der Waals surface area contributed by atoms with Crippen LogP contribution in [0, 0.1) is 6.92 Å². The SMILES string of the molecule is COc1ccc(C)cc1[C@H](C)NC(=O)c1cccc(OC)c1OC. The molecule has 0 saturated carbocycles. The first-order valence-corrected chi connectivity index (χ1v) is 7.68. The largest absolute Gasteiger partial charge is 0.496 e. The van der Waals surface area contributed by atoms with E-state index in [2.05, 4.69) is 5.32 Å². The van der Waals surface area contributed by atoms with Gasteiger partial charge in [-0.2, -0.15) is 0 Å². The summed E-state index contributed by atoms with van der Waals surface area (Å²) in [5.74, 6) is 1.44. The van der Waals surface area contributed by atoms with Crippen molar-refractivity contribution in [1.82, 2.24) is 5.32 Å². The average molecular weight is 329 g/mol. The summed E-state index contributed by atoms with van der Waals surface area (Å²) in [5.41, 5.74) is 2.45. The second kappa shape index (κ2) is 7.73. The molecule has 24 heavy (non-hydrogen) atoms. The molecule has 1 atom stereocenters. The molecular formula is C19H23NO4. The number of carbonyl (C=O) groups excluding carboxylic acids is 1. The number of benzene rings is 2. The third kappa shape index (κ3) is 3.62. The number of nitrogens with one attached hydrogen (secondary N) is 1. The number of aryl methyl sites for hydroxylation is 1. The minimum Gasteiger partial charge on any atom is -0.496 e. The third-order valence-electron chi connectivity index (χ3n) is 3.85. The smallest absolute Gasteiger partial charge is 0.255 e. The second-order valence-electron chi connectivity index (χ2n) is 5.48. The zero-order valence-electron chi connectivity index (χ0n) is 14.7. The number of hydrogen-bond acceptors (Lipinski definition) is 4. The lowest BCUT2D eigenvalue weighted by Crippen LogP contribution is -2.27. The molecule has 0 aliphatic heterocycles. The topological polar surface area (TPSA) is 56.8 Å². The van der Waals surface area contributed by atoms with E-state index >= 15 is 0 Å². The lowest BCUT2D eigenvalue weighted by molar-refractivity contribution is 0.0935. The van der Waals surface area contributed by atoms with E-state index < -0.39 is 0 Å². The van der Waals surface area contributed by atoms with Crippen LogP contribution < -0.4 is 19.5 Å². The van der Waals surface area contributed by atoms with E-state index in [1.54, 1.807) is 32.4 Å². The molecule has 1 N–H and O–H groups in total. The van der Waals surface area contributed by atoms with Crippen molar-refractivity contribution in [1.29, 1.82) is 0 Å². The maximum absolute atomic E-state index is 12.7. The highest BCUT2D eigenvalue weighted by Gasteiger charge is 2.20. The maximum Gasteiger partial charge on any atom is 0.255 e. The molecular weight excluding hydrogens is 306 g/mol. The highest BCUT2D eigenvalue weighted by atomic mass is 16.5. The number of hydrogen-bond donors (Lipinski definition) is 1. The van der Waals surface area contributed by atoms with Crippen LogP contribution in [0.4, 0.5) is 0 Å². The van der Waals surface area contributed by atoms with Crippen molar-refractivity contribution < 1.29 is 19.0 Å². The van der Waals surface area contributed by atoms with Crippen LogP contribution in [0.1, 0.15) is 34.5 Å². The molecule has 0 unspecified atom stereocenters. The Morgan fingerprint density at radius 1 is 1.00 bits per heavy atom. The first-order valence-electron chi connectivity index (χ1n) is 7.68. The Balaban J connectivity index is 2.29. The van der Waals surface area contributed by atoms with Gasteiger partial charge in [-0.15, -0.1) is 0 Å². The van der Waals surface area contributed by atoms with Crippen molar-refractivity contribution in [2.75, 3.05) is 21.3 Å². The summed E-state index contributed by atoms with van der Waals surface area (Å²) in [4.78, 5) is 12.7. The Hall–Kier alpha value is -2.69. The predicted molar refractivity (Wildman–Crippen MR) is 93.2 cm³/mol. The van der Waals surface area contributed by atoms with Gasteiger partial charge in [0.25, 0.3) is 5.91 Å². The van der Waals surface area contributed by atoms with Crippen LogP contribution in [0.25, 0.3) is 0 Å². The number of rotatable bonds is 6. The normalized spacial score (nSPS) is 11.5. The van der Waals surface area contributed by atoms with Crippen LogP contribution in [0.2, 0.25) is 0 Å². The standard InChI is InChI=1S/C19H23NO4/c1-12-9-10-16(22-3)15(11-12)13(2)20-19(21)14-7-6-8-17(23-4)18(14)24-5/h6-11,13H,1-5H3,(H,20,21)/t13-/m0/s1. The van der Waals surface area contributed by atoms with E-state index in [1.165, 1.54) is 7.11 Å². The van der Waals surface area contributed by atoms with Gasteiger partial charge >= 0.3 is 0 Å². The minimum absolute atomic E-state index is 0.219. The van der Waals surface area contributed by atoms with Gasteiger partial charge in [-0.1, -0.05) is 23.8 Å². The van der Waals surface area contributed by atoms with Crippen molar-refractivity contribution in [2.45, 2.75) is 19.9 Å². The molecule has 1 amide bonds. The Morgan fingerprint density at radius 2 is 1.71 bits per heavy atom. The van der Waals surface area contributed by atoms with Gasteiger partial charge in [-0.3, -0.25) is 4.79 Å². The molecule has 0 fully saturated rings. The number of amides is 1. The Bertz CT molecular complexity index is 727. The van der Waals surface area contributed by atoms with Crippen LogP contribution in [-0.4, -0.2) is 27.2 Å². The monoisotopic (exact) mass is 329 g/mol. The summed E-state index contributed by atoms with van der Waals surface area (Å²) in [6.07, 6.45) is 0. The third-order valence-corrected chi connectivity index (χ3v) is 3.85. The van der Waals surface area contributed by atoms with E-state index in [1.807, 2.05) is 32.0 Å². The molecule has 0 bridgehead atoms. The molecule has 2 aromatic carbocycles. The molecule has 0 radical (unpaired) electrons. The lowest BCUT2D eigenvalue weighted by atomic mass is 10.0. The zero-order valence-corrected chi connectivity index (χ0v) is 14.7. The summed E-state index contributed by atoms with van der Waals surface area (Å²) in [7, 11) is 4.68. The molecule has 0 saturated heterocycles. The van der Waals surface area contributed by atoms with Crippen LogP contribution in [0.15, 0.2) is 36.4 Å². The fraction of sp³-hybridized carbons (Fsp3) is 0.316. The van der Waals surface area contributed by atoms with Gasteiger partial charge in [0.2, 0.25) is 0 Å². The van der Waals surface area contributed by atoms with E-state index in [0.717, 1.165) is 16.9 Å². The molecule has 128 valence electrons. The van der Waals surface area contributed by atoms with Gasteiger partial charge in [0, 0.05) is 5.56 Å². The van der Waals surface area contributed by atoms with Gasteiger partial charge < -0.3 is 19.5 Å². The zero-order chi connectivity index (χ0) is 17.7. The van der Waals surface area contributed by atoms with Crippen molar-refractivity contribution in [3.05, 3.63) is 53.1 Å². The van der Waals surface area contributed by atoms with E-state index in [9.17, 15) is 4.79 Å². The molecule has 2 rings (SSSR count).